The van der Waals surface area contributed by atoms with Gasteiger partial charge in [-0.3, -0.25) is 4.90 Å². The second-order valence-corrected chi connectivity index (χ2v) is 9.28. The molecule has 3 aromatic carbocycles. The molecule has 5 rings (SSSR count). The highest BCUT2D eigenvalue weighted by molar-refractivity contribution is 6.33. The highest BCUT2D eigenvalue weighted by Crippen LogP contribution is 2.39. The van der Waals surface area contributed by atoms with E-state index in [2.05, 4.69) is 0 Å². The number of fused-ring (bicyclic) bond motifs is 1. The molecule has 0 aliphatic carbocycles. The fourth-order valence-electron chi connectivity index (χ4n) is 4.54. The smallest absolute Gasteiger partial charge is 0.250 e. The van der Waals surface area contributed by atoms with Gasteiger partial charge >= 0.3 is 0 Å². The standard InChI is InChI=1S/C27H24ClF3N2O2/c28-24-14-20(29)5-6-22(24)23-13-18(11-19-12-21(15-32)35-25(19)23)16-1-3-17(4-2-16)26(34)33-9-7-27(30,31)8-10-33/h1-6,11-14,26,34H,7-10,15,32H2. The molecule has 0 bridgehead atoms. The molecular formula is C27H24ClF3N2O2. The maximum Gasteiger partial charge on any atom is 0.250 e. The second-order valence-electron chi connectivity index (χ2n) is 8.87. The number of aliphatic hydroxyl groups excluding tert-OH is 1. The molecule has 0 spiro atoms. The van der Waals surface area contributed by atoms with E-state index in [0.717, 1.165) is 16.5 Å². The first-order chi connectivity index (χ1) is 16.7. The summed E-state index contributed by atoms with van der Waals surface area (Å²) in [5, 5.41) is 11.8. The molecule has 3 N–H and O–H groups in total. The molecule has 0 saturated carbocycles. The van der Waals surface area contributed by atoms with Gasteiger partial charge in [0.25, 0.3) is 5.92 Å². The van der Waals surface area contributed by atoms with Crippen molar-refractivity contribution in [2.45, 2.75) is 31.5 Å². The first-order valence-electron chi connectivity index (χ1n) is 11.4. The van der Waals surface area contributed by atoms with Crippen molar-refractivity contribution in [1.29, 1.82) is 0 Å². The molecular weight excluding hydrogens is 477 g/mol. The van der Waals surface area contributed by atoms with Crippen molar-refractivity contribution in [1.82, 2.24) is 4.90 Å². The lowest BCUT2D eigenvalue weighted by Gasteiger charge is -2.35. The van der Waals surface area contributed by atoms with Crippen LogP contribution in [-0.4, -0.2) is 29.0 Å². The van der Waals surface area contributed by atoms with Gasteiger partial charge in [-0.05, 0) is 53.1 Å². The lowest BCUT2D eigenvalue weighted by molar-refractivity contribution is -0.0961. The number of aliphatic hydroxyl groups is 1. The van der Waals surface area contributed by atoms with E-state index in [1.807, 2.05) is 30.3 Å². The van der Waals surface area contributed by atoms with Crippen LogP contribution in [0.4, 0.5) is 13.2 Å². The monoisotopic (exact) mass is 500 g/mol. The quantitative estimate of drug-likeness (QED) is 0.318. The summed E-state index contributed by atoms with van der Waals surface area (Å²) >= 11 is 6.36. The fraction of sp³-hybridized carbons (Fsp3) is 0.259. The van der Waals surface area contributed by atoms with Crippen LogP contribution in [-0.2, 0) is 6.54 Å². The summed E-state index contributed by atoms with van der Waals surface area (Å²) in [6, 6.07) is 17.3. The lowest BCUT2D eigenvalue weighted by atomic mass is 9.95. The van der Waals surface area contributed by atoms with E-state index in [1.54, 1.807) is 23.1 Å². The van der Waals surface area contributed by atoms with Crippen molar-refractivity contribution in [3.8, 4) is 22.3 Å². The number of nitrogens with zero attached hydrogens (tertiary/aromatic N) is 1. The number of piperidine rings is 1. The number of benzene rings is 3. The fourth-order valence-corrected chi connectivity index (χ4v) is 4.80. The number of hydrogen-bond donors (Lipinski definition) is 2. The Morgan fingerprint density at radius 2 is 1.69 bits per heavy atom. The molecule has 2 heterocycles. The summed E-state index contributed by atoms with van der Waals surface area (Å²) in [6.45, 7) is 0.506. The van der Waals surface area contributed by atoms with Gasteiger partial charge in [-0.25, -0.2) is 13.2 Å². The van der Waals surface area contributed by atoms with Gasteiger partial charge in [-0.2, -0.15) is 0 Å². The van der Waals surface area contributed by atoms with E-state index < -0.39 is 18.0 Å². The van der Waals surface area contributed by atoms with Gasteiger partial charge in [0.2, 0.25) is 0 Å². The minimum Gasteiger partial charge on any atom is -0.459 e. The Hall–Kier alpha value is -2.84. The van der Waals surface area contributed by atoms with E-state index in [-0.39, 0.29) is 37.5 Å². The number of furan rings is 1. The zero-order chi connectivity index (χ0) is 24.7. The summed E-state index contributed by atoms with van der Waals surface area (Å²) in [4.78, 5) is 1.66. The Bertz CT molecular complexity index is 1360. The molecule has 8 heteroatoms. The highest BCUT2D eigenvalue weighted by Gasteiger charge is 2.36. The van der Waals surface area contributed by atoms with Crippen LogP contribution < -0.4 is 5.73 Å². The predicted octanol–water partition coefficient (Wildman–Crippen LogP) is 6.74. The van der Waals surface area contributed by atoms with Gasteiger partial charge in [0.15, 0.2) is 0 Å². The van der Waals surface area contributed by atoms with Gasteiger partial charge in [0, 0.05) is 42.4 Å². The van der Waals surface area contributed by atoms with Crippen LogP contribution in [0.15, 0.2) is 65.1 Å². The van der Waals surface area contributed by atoms with Crippen molar-refractivity contribution < 1.29 is 22.7 Å². The summed E-state index contributed by atoms with van der Waals surface area (Å²) in [7, 11) is 0. The summed E-state index contributed by atoms with van der Waals surface area (Å²) in [6.07, 6.45) is -1.46. The molecule has 1 aliphatic rings. The zero-order valence-corrected chi connectivity index (χ0v) is 19.5. The zero-order valence-electron chi connectivity index (χ0n) is 18.8. The summed E-state index contributed by atoms with van der Waals surface area (Å²) in [5.74, 6) is -2.48. The van der Waals surface area contributed by atoms with Gasteiger partial charge < -0.3 is 15.3 Å². The molecule has 1 aromatic heterocycles. The second kappa shape index (κ2) is 9.32. The van der Waals surface area contributed by atoms with E-state index >= 15 is 0 Å². The topological polar surface area (TPSA) is 62.6 Å². The molecule has 1 aliphatic heterocycles. The number of rotatable bonds is 5. The summed E-state index contributed by atoms with van der Waals surface area (Å²) < 4.78 is 46.6. The Balaban J connectivity index is 1.50. The third-order valence-corrected chi connectivity index (χ3v) is 6.82. The Labute approximate surface area is 205 Å². The first kappa shape index (κ1) is 23.9. The summed E-state index contributed by atoms with van der Waals surface area (Å²) in [5.41, 5.74) is 10.1. The molecule has 1 saturated heterocycles. The SMILES string of the molecule is NCc1cc2cc(-c3ccc(C(O)N4CCC(F)(F)CC4)cc3)cc(-c3ccc(F)cc3Cl)c2o1. The van der Waals surface area contributed by atoms with E-state index in [1.165, 1.54) is 12.1 Å². The largest absolute Gasteiger partial charge is 0.459 e. The van der Waals surface area contributed by atoms with Crippen molar-refractivity contribution in [3.05, 3.63) is 82.8 Å². The molecule has 1 unspecified atom stereocenters. The minimum atomic E-state index is -2.67. The normalized spacial score (nSPS) is 17.1. The Kier molecular flexibility index (Phi) is 6.36. The molecule has 1 atom stereocenters. The Morgan fingerprint density at radius 1 is 0.971 bits per heavy atom. The number of halogens is 4. The number of alkyl halides is 2. The molecule has 0 amide bonds. The number of nitrogens with two attached hydrogens (primary N) is 1. The molecule has 0 radical (unpaired) electrons. The van der Waals surface area contributed by atoms with Crippen LogP contribution in [0.3, 0.4) is 0 Å². The van der Waals surface area contributed by atoms with Crippen LogP contribution in [0.2, 0.25) is 5.02 Å². The van der Waals surface area contributed by atoms with Crippen molar-refractivity contribution >= 4 is 22.6 Å². The molecule has 4 aromatic rings. The van der Waals surface area contributed by atoms with Crippen LogP contribution in [0.25, 0.3) is 33.2 Å². The van der Waals surface area contributed by atoms with E-state index in [0.29, 0.717) is 28.0 Å². The van der Waals surface area contributed by atoms with E-state index in [9.17, 15) is 18.3 Å². The van der Waals surface area contributed by atoms with Crippen molar-refractivity contribution in [3.63, 3.8) is 0 Å². The molecule has 4 nitrogen and oxygen atoms in total. The van der Waals surface area contributed by atoms with Crippen LogP contribution >= 0.6 is 11.6 Å². The number of hydrogen-bond acceptors (Lipinski definition) is 4. The highest BCUT2D eigenvalue weighted by atomic mass is 35.5. The minimum absolute atomic E-state index is 0.137. The van der Waals surface area contributed by atoms with Gasteiger partial charge in [-0.15, -0.1) is 0 Å². The lowest BCUT2D eigenvalue weighted by Crippen LogP contribution is -2.41. The average molecular weight is 501 g/mol. The van der Waals surface area contributed by atoms with Crippen LogP contribution in [0.5, 0.6) is 0 Å². The van der Waals surface area contributed by atoms with Crippen molar-refractivity contribution in [2.24, 2.45) is 5.73 Å². The van der Waals surface area contributed by atoms with Crippen LogP contribution in [0, 0.1) is 5.82 Å². The maximum atomic E-state index is 13.7. The van der Waals surface area contributed by atoms with Crippen molar-refractivity contribution in [2.75, 3.05) is 13.1 Å². The van der Waals surface area contributed by atoms with Gasteiger partial charge in [0.05, 0.1) is 11.6 Å². The molecule has 1 fully saturated rings. The third kappa shape index (κ3) is 4.82. The molecule has 182 valence electrons. The first-order valence-corrected chi connectivity index (χ1v) is 11.7. The van der Waals surface area contributed by atoms with Gasteiger partial charge in [0.1, 0.15) is 23.4 Å². The van der Waals surface area contributed by atoms with Crippen LogP contribution in [0.1, 0.15) is 30.4 Å². The molecule has 35 heavy (non-hydrogen) atoms. The Morgan fingerprint density at radius 3 is 2.34 bits per heavy atom. The third-order valence-electron chi connectivity index (χ3n) is 6.51. The predicted molar refractivity (Wildman–Crippen MR) is 131 cm³/mol. The van der Waals surface area contributed by atoms with Gasteiger partial charge in [-0.1, -0.05) is 35.9 Å². The average Bonchev–Trinajstić information content (AvgIpc) is 3.27. The number of likely N-dealkylation sites (tertiary alicyclic amines) is 1. The van der Waals surface area contributed by atoms with E-state index in [4.69, 9.17) is 21.8 Å². The maximum absolute atomic E-state index is 13.7.